The van der Waals surface area contributed by atoms with E-state index in [4.69, 9.17) is 0 Å². The van der Waals surface area contributed by atoms with Crippen LogP contribution in [0.3, 0.4) is 0 Å². The Kier molecular flexibility index (Phi) is 6.32. The maximum Gasteiger partial charge on any atom is 0.262 e. The largest absolute Gasteiger partial charge is 0.350 e. The molecule has 0 saturated carbocycles. The summed E-state index contributed by atoms with van der Waals surface area (Å²) in [6.45, 7) is 8.50. The van der Waals surface area contributed by atoms with Gasteiger partial charge in [0.25, 0.3) is 11.5 Å². The van der Waals surface area contributed by atoms with Crippen molar-refractivity contribution < 1.29 is 4.79 Å². The monoisotopic (exact) mass is 449 g/mol. The van der Waals surface area contributed by atoms with Crippen molar-refractivity contribution in [2.45, 2.75) is 57.6 Å². The summed E-state index contributed by atoms with van der Waals surface area (Å²) in [4.78, 5) is 25.8. The van der Waals surface area contributed by atoms with Gasteiger partial charge in [-0.2, -0.15) is 0 Å². The molecule has 0 saturated heterocycles. The van der Waals surface area contributed by atoms with Crippen LogP contribution in [0.4, 0.5) is 0 Å². The van der Waals surface area contributed by atoms with E-state index in [0.29, 0.717) is 33.9 Å². The summed E-state index contributed by atoms with van der Waals surface area (Å²) in [6, 6.07) is 13.5. The molecule has 2 aromatic heterocycles. The lowest BCUT2D eigenvalue weighted by molar-refractivity contribution is 0.0943. The third-order valence-corrected chi connectivity index (χ3v) is 6.30. The number of aromatic nitrogens is 4. The minimum Gasteiger partial charge on any atom is -0.350 e. The summed E-state index contributed by atoms with van der Waals surface area (Å²) >= 11 is 1.57. The topological polar surface area (TPSA) is 81.3 Å². The fourth-order valence-electron chi connectivity index (χ4n) is 3.70. The molecule has 8 heteroatoms. The predicted molar refractivity (Wildman–Crippen MR) is 128 cm³/mol. The third kappa shape index (κ3) is 4.14. The first-order valence-corrected chi connectivity index (χ1v) is 11.8. The van der Waals surface area contributed by atoms with Gasteiger partial charge < -0.3 is 5.32 Å². The average molecular weight is 450 g/mol. The first-order chi connectivity index (χ1) is 15.4. The van der Waals surface area contributed by atoms with Crippen LogP contribution in [0.1, 0.15) is 48.7 Å². The van der Waals surface area contributed by atoms with E-state index in [9.17, 15) is 9.59 Å². The van der Waals surface area contributed by atoms with Gasteiger partial charge in [-0.25, -0.2) is 0 Å². The van der Waals surface area contributed by atoms with Gasteiger partial charge in [0.2, 0.25) is 5.78 Å². The van der Waals surface area contributed by atoms with Crippen LogP contribution in [0.25, 0.3) is 16.7 Å². The van der Waals surface area contributed by atoms with Gasteiger partial charge in [-0.15, -0.1) is 10.2 Å². The second-order valence-electron chi connectivity index (χ2n) is 8.15. The summed E-state index contributed by atoms with van der Waals surface area (Å²) in [5.74, 6) is 1.06. The molecule has 32 heavy (non-hydrogen) atoms. The molecule has 0 aliphatic rings. The third-order valence-electron chi connectivity index (χ3n) is 5.32. The number of carbonyl (C=O) groups excluding carboxylic acids is 1. The minimum atomic E-state index is -0.171. The fourth-order valence-corrected chi connectivity index (χ4v) is 4.72. The summed E-state index contributed by atoms with van der Waals surface area (Å²) in [6.07, 6.45) is 0.800. The zero-order valence-electron chi connectivity index (χ0n) is 18.8. The quantitative estimate of drug-likeness (QED) is 0.428. The zero-order valence-corrected chi connectivity index (χ0v) is 19.6. The molecular formula is C24H27N5O2S. The number of benzene rings is 2. The Balaban J connectivity index is 1.88. The molecule has 0 unspecified atom stereocenters. The number of thioether (sulfide) groups is 1. The van der Waals surface area contributed by atoms with Crippen LogP contribution in [0.5, 0.6) is 0 Å². The van der Waals surface area contributed by atoms with Crippen LogP contribution < -0.4 is 10.9 Å². The van der Waals surface area contributed by atoms with E-state index in [0.717, 1.165) is 12.2 Å². The van der Waals surface area contributed by atoms with Crippen LogP contribution in [0.2, 0.25) is 0 Å². The van der Waals surface area contributed by atoms with Gasteiger partial charge in [-0.05, 0) is 56.5 Å². The van der Waals surface area contributed by atoms with Crippen molar-refractivity contribution in [2.24, 2.45) is 0 Å². The van der Waals surface area contributed by atoms with Crippen LogP contribution in [0, 0.1) is 6.92 Å². The van der Waals surface area contributed by atoms with Gasteiger partial charge in [0, 0.05) is 23.9 Å². The van der Waals surface area contributed by atoms with Crippen molar-refractivity contribution in [1.82, 2.24) is 24.5 Å². The number of rotatable bonds is 7. The zero-order chi connectivity index (χ0) is 22.8. The fraction of sp³-hybridized carbons (Fsp3) is 0.333. The lowest BCUT2D eigenvalue weighted by atomic mass is 10.1. The number of aryl methyl sites for hydroxylation is 2. The second kappa shape index (κ2) is 9.16. The number of carbonyl (C=O) groups is 1. The molecule has 0 aliphatic carbocycles. The van der Waals surface area contributed by atoms with Crippen molar-refractivity contribution in [3.05, 3.63) is 69.5 Å². The lowest BCUT2D eigenvalue weighted by Gasteiger charge is -2.13. The van der Waals surface area contributed by atoms with E-state index < -0.39 is 0 Å². The highest BCUT2D eigenvalue weighted by Gasteiger charge is 2.18. The van der Waals surface area contributed by atoms with Gasteiger partial charge in [-0.3, -0.25) is 18.6 Å². The average Bonchev–Trinajstić information content (AvgIpc) is 3.19. The predicted octanol–water partition coefficient (Wildman–Crippen LogP) is 4.19. The molecule has 1 amide bonds. The van der Waals surface area contributed by atoms with E-state index in [1.165, 1.54) is 11.1 Å². The number of hydrogen-bond acceptors (Lipinski definition) is 5. The molecule has 0 spiro atoms. The van der Waals surface area contributed by atoms with E-state index >= 15 is 0 Å². The molecule has 2 heterocycles. The van der Waals surface area contributed by atoms with Crippen LogP contribution in [0.15, 0.2) is 52.4 Å². The van der Waals surface area contributed by atoms with Gasteiger partial charge in [0.15, 0.2) is 5.16 Å². The Labute approximate surface area is 190 Å². The highest BCUT2D eigenvalue weighted by molar-refractivity contribution is 7.98. The Morgan fingerprint density at radius 3 is 2.66 bits per heavy atom. The Bertz CT molecular complexity index is 1360. The smallest absolute Gasteiger partial charge is 0.262 e. The van der Waals surface area contributed by atoms with E-state index in [1.807, 2.05) is 37.3 Å². The van der Waals surface area contributed by atoms with Crippen molar-refractivity contribution in [1.29, 1.82) is 0 Å². The maximum absolute atomic E-state index is 13.2. The van der Waals surface area contributed by atoms with Gasteiger partial charge in [0.1, 0.15) is 0 Å². The normalized spacial score (nSPS) is 11.5. The minimum absolute atomic E-state index is 0.0194. The van der Waals surface area contributed by atoms with E-state index in [1.54, 1.807) is 34.5 Å². The van der Waals surface area contributed by atoms with Crippen molar-refractivity contribution in [2.75, 3.05) is 0 Å². The Morgan fingerprint density at radius 2 is 1.94 bits per heavy atom. The molecule has 4 rings (SSSR count). The molecule has 0 aliphatic heterocycles. The summed E-state index contributed by atoms with van der Waals surface area (Å²) in [5.41, 5.74) is 3.47. The summed E-state index contributed by atoms with van der Waals surface area (Å²) in [7, 11) is 0. The molecule has 166 valence electrons. The standard InChI is InChI=1S/C24H27N5O2S/c1-5-12-28-22(31)19-11-10-17(21(30)25-15(2)3)13-20(19)29-23(28)26-27-24(29)32-14-18-9-7-6-8-16(18)4/h6-11,13,15H,5,12,14H2,1-4H3,(H,25,30). The van der Waals surface area contributed by atoms with Crippen molar-refractivity contribution in [3.8, 4) is 0 Å². The van der Waals surface area contributed by atoms with Crippen LogP contribution in [-0.2, 0) is 12.3 Å². The van der Waals surface area contributed by atoms with E-state index in [2.05, 4.69) is 34.6 Å². The molecule has 4 aromatic rings. The molecule has 0 atom stereocenters. The second-order valence-corrected chi connectivity index (χ2v) is 9.09. The van der Waals surface area contributed by atoms with Crippen LogP contribution in [-0.4, -0.2) is 31.1 Å². The Morgan fingerprint density at radius 1 is 1.16 bits per heavy atom. The molecule has 1 N–H and O–H groups in total. The van der Waals surface area contributed by atoms with Crippen LogP contribution >= 0.6 is 11.8 Å². The molecule has 0 bridgehead atoms. The first kappa shape index (κ1) is 22.1. The van der Waals surface area contributed by atoms with E-state index in [-0.39, 0.29) is 17.5 Å². The molecule has 0 radical (unpaired) electrons. The maximum atomic E-state index is 13.2. The summed E-state index contributed by atoms with van der Waals surface area (Å²) < 4.78 is 3.57. The highest BCUT2D eigenvalue weighted by atomic mass is 32.2. The molecule has 0 fully saturated rings. The highest BCUT2D eigenvalue weighted by Crippen LogP contribution is 2.26. The Hall–Kier alpha value is -3.13. The SMILES string of the molecule is CCCn1c(=O)c2ccc(C(=O)NC(C)C)cc2n2c(SCc3ccccc3C)nnc12. The number of nitrogens with zero attached hydrogens (tertiary/aromatic N) is 4. The molecule has 2 aromatic carbocycles. The van der Waals surface area contributed by atoms with Gasteiger partial charge in [0.05, 0.1) is 10.9 Å². The van der Waals surface area contributed by atoms with Crippen molar-refractivity contribution >= 4 is 34.3 Å². The number of amides is 1. The van der Waals surface area contributed by atoms with Gasteiger partial charge >= 0.3 is 0 Å². The lowest BCUT2D eigenvalue weighted by Crippen LogP contribution is -2.30. The number of fused-ring (bicyclic) bond motifs is 3. The molecular weight excluding hydrogens is 422 g/mol. The molecule has 7 nitrogen and oxygen atoms in total. The number of hydrogen-bond donors (Lipinski definition) is 1. The first-order valence-electron chi connectivity index (χ1n) is 10.8. The van der Waals surface area contributed by atoms with Gasteiger partial charge in [-0.1, -0.05) is 43.0 Å². The van der Waals surface area contributed by atoms with Crippen molar-refractivity contribution in [3.63, 3.8) is 0 Å². The number of nitrogens with one attached hydrogen (secondary N) is 1. The summed E-state index contributed by atoms with van der Waals surface area (Å²) in [5, 5.41) is 12.9.